The van der Waals surface area contributed by atoms with Crippen LogP contribution >= 0.6 is 0 Å². The highest BCUT2D eigenvalue weighted by Crippen LogP contribution is 2.30. The Morgan fingerprint density at radius 2 is 2.00 bits per heavy atom. The monoisotopic (exact) mass is 309 g/mol. The molecule has 0 aliphatic carbocycles. The van der Waals surface area contributed by atoms with Crippen LogP contribution in [0, 0.1) is 0 Å². The van der Waals surface area contributed by atoms with Gasteiger partial charge in [0.25, 0.3) is 0 Å². The maximum Gasteiger partial charge on any atom is 0.312 e. The Labute approximate surface area is 130 Å². The molecular weight excluding hydrogens is 286 g/mol. The lowest BCUT2D eigenvalue weighted by molar-refractivity contribution is -0.116. The molecule has 122 valence electrons. The number of ether oxygens (including phenoxy) is 2. The lowest BCUT2D eigenvalue weighted by Gasteiger charge is -2.11. The molecule has 0 atom stereocenters. The number of rotatable bonds is 9. The first-order valence-electron chi connectivity index (χ1n) is 7.20. The van der Waals surface area contributed by atoms with Crippen molar-refractivity contribution in [2.45, 2.75) is 26.2 Å². The van der Waals surface area contributed by atoms with Crippen molar-refractivity contribution in [1.29, 1.82) is 0 Å². The second-order valence-electron chi connectivity index (χ2n) is 4.59. The van der Waals surface area contributed by atoms with E-state index < -0.39 is 6.03 Å². The van der Waals surface area contributed by atoms with Gasteiger partial charge in [0.1, 0.15) is 0 Å². The molecule has 1 aromatic carbocycles. The van der Waals surface area contributed by atoms with Gasteiger partial charge >= 0.3 is 6.03 Å². The summed E-state index contributed by atoms with van der Waals surface area (Å²) >= 11 is 0. The van der Waals surface area contributed by atoms with Crippen LogP contribution in [-0.4, -0.2) is 32.2 Å². The van der Waals surface area contributed by atoms with E-state index in [1.54, 1.807) is 25.3 Å². The third-order valence-corrected chi connectivity index (χ3v) is 2.88. The smallest absolute Gasteiger partial charge is 0.312 e. The molecule has 0 saturated carbocycles. The van der Waals surface area contributed by atoms with Gasteiger partial charge in [-0.25, -0.2) is 4.79 Å². The SMILES string of the molecule is CCOc1ccc(NC(=O)CCCCNC(N)=O)cc1OC. The standard InChI is InChI=1S/C15H23N3O4/c1-3-22-12-8-7-11(10-13(12)21-2)18-14(19)6-4-5-9-17-15(16)20/h7-8,10H,3-6,9H2,1-2H3,(H,18,19)(H3,16,17,20). The molecular formula is C15H23N3O4. The first-order chi connectivity index (χ1) is 10.6. The summed E-state index contributed by atoms with van der Waals surface area (Å²) in [5.41, 5.74) is 5.60. The van der Waals surface area contributed by atoms with Crippen molar-refractivity contribution in [1.82, 2.24) is 5.32 Å². The van der Waals surface area contributed by atoms with Crippen LogP contribution in [0.15, 0.2) is 18.2 Å². The molecule has 0 heterocycles. The summed E-state index contributed by atoms with van der Waals surface area (Å²) in [5.74, 6) is 1.12. The van der Waals surface area contributed by atoms with Crippen molar-refractivity contribution >= 4 is 17.6 Å². The van der Waals surface area contributed by atoms with Crippen LogP contribution in [0.2, 0.25) is 0 Å². The minimum atomic E-state index is -0.550. The summed E-state index contributed by atoms with van der Waals surface area (Å²) in [7, 11) is 1.55. The number of methoxy groups -OCH3 is 1. The van der Waals surface area contributed by atoms with Gasteiger partial charge in [0.2, 0.25) is 5.91 Å². The molecule has 0 saturated heterocycles. The van der Waals surface area contributed by atoms with E-state index in [4.69, 9.17) is 15.2 Å². The first kappa shape index (κ1) is 17.6. The van der Waals surface area contributed by atoms with E-state index in [0.717, 1.165) is 0 Å². The molecule has 1 aromatic rings. The molecule has 0 bridgehead atoms. The molecule has 0 aromatic heterocycles. The average molecular weight is 309 g/mol. The molecule has 0 spiro atoms. The quantitative estimate of drug-likeness (QED) is 0.606. The summed E-state index contributed by atoms with van der Waals surface area (Å²) in [6, 6.07) is 4.69. The van der Waals surface area contributed by atoms with Crippen LogP contribution in [0.5, 0.6) is 11.5 Å². The number of hydrogen-bond acceptors (Lipinski definition) is 4. The van der Waals surface area contributed by atoms with Crippen LogP contribution < -0.4 is 25.8 Å². The van der Waals surface area contributed by atoms with Crippen LogP contribution in [0.3, 0.4) is 0 Å². The van der Waals surface area contributed by atoms with Gasteiger partial charge in [-0.2, -0.15) is 0 Å². The Hall–Kier alpha value is -2.44. The second kappa shape index (κ2) is 9.49. The maximum absolute atomic E-state index is 11.8. The number of benzene rings is 1. The number of urea groups is 1. The largest absolute Gasteiger partial charge is 0.493 e. The zero-order chi connectivity index (χ0) is 16.4. The minimum absolute atomic E-state index is 0.0923. The third kappa shape index (κ3) is 6.34. The Kier molecular flexibility index (Phi) is 7.60. The van der Waals surface area contributed by atoms with Crippen LogP contribution in [-0.2, 0) is 4.79 Å². The van der Waals surface area contributed by atoms with Gasteiger partial charge in [-0.1, -0.05) is 0 Å². The summed E-state index contributed by atoms with van der Waals surface area (Å²) in [4.78, 5) is 22.3. The van der Waals surface area contributed by atoms with Gasteiger partial charge in [-0.15, -0.1) is 0 Å². The fourth-order valence-corrected chi connectivity index (χ4v) is 1.87. The van der Waals surface area contributed by atoms with Crippen molar-refractivity contribution in [2.75, 3.05) is 25.6 Å². The van der Waals surface area contributed by atoms with Crippen LogP contribution in [0.1, 0.15) is 26.2 Å². The zero-order valence-electron chi connectivity index (χ0n) is 13.0. The van der Waals surface area contributed by atoms with E-state index >= 15 is 0 Å². The molecule has 3 amide bonds. The fourth-order valence-electron chi connectivity index (χ4n) is 1.87. The summed E-state index contributed by atoms with van der Waals surface area (Å²) < 4.78 is 10.6. The van der Waals surface area contributed by atoms with E-state index in [2.05, 4.69) is 10.6 Å². The number of unbranched alkanes of at least 4 members (excludes halogenated alkanes) is 1. The van der Waals surface area contributed by atoms with E-state index in [1.165, 1.54) is 0 Å². The molecule has 0 fully saturated rings. The Morgan fingerprint density at radius 3 is 2.64 bits per heavy atom. The first-order valence-corrected chi connectivity index (χ1v) is 7.20. The second-order valence-corrected chi connectivity index (χ2v) is 4.59. The summed E-state index contributed by atoms with van der Waals surface area (Å²) in [6.07, 6.45) is 1.74. The van der Waals surface area contributed by atoms with Crippen molar-refractivity contribution in [2.24, 2.45) is 5.73 Å². The zero-order valence-corrected chi connectivity index (χ0v) is 13.0. The Morgan fingerprint density at radius 1 is 1.23 bits per heavy atom. The van der Waals surface area contributed by atoms with Crippen molar-refractivity contribution in [3.8, 4) is 11.5 Å². The molecule has 1 rings (SSSR count). The highest BCUT2D eigenvalue weighted by molar-refractivity contribution is 5.91. The van der Waals surface area contributed by atoms with E-state index in [1.807, 2.05) is 6.92 Å². The Bertz CT molecular complexity index is 506. The third-order valence-electron chi connectivity index (χ3n) is 2.88. The van der Waals surface area contributed by atoms with Crippen molar-refractivity contribution in [3.05, 3.63) is 18.2 Å². The van der Waals surface area contributed by atoms with E-state index in [-0.39, 0.29) is 5.91 Å². The van der Waals surface area contributed by atoms with Gasteiger partial charge in [-0.05, 0) is 31.9 Å². The molecule has 7 nitrogen and oxygen atoms in total. The summed E-state index contributed by atoms with van der Waals surface area (Å²) in [5, 5.41) is 5.28. The Balaban J connectivity index is 2.42. The van der Waals surface area contributed by atoms with E-state index in [9.17, 15) is 9.59 Å². The normalized spacial score (nSPS) is 9.91. The van der Waals surface area contributed by atoms with Crippen LogP contribution in [0.4, 0.5) is 10.5 Å². The molecule has 22 heavy (non-hydrogen) atoms. The minimum Gasteiger partial charge on any atom is -0.493 e. The van der Waals surface area contributed by atoms with Gasteiger partial charge in [-0.3, -0.25) is 4.79 Å². The number of carbonyl (C=O) groups is 2. The number of carbonyl (C=O) groups excluding carboxylic acids is 2. The van der Waals surface area contributed by atoms with Crippen molar-refractivity contribution in [3.63, 3.8) is 0 Å². The number of amides is 3. The number of anilines is 1. The number of primary amides is 1. The topological polar surface area (TPSA) is 103 Å². The molecule has 7 heteroatoms. The van der Waals surface area contributed by atoms with Gasteiger partial charge in [0.05, 0.1) is 13.7 Å². The summed E-state index contributed by atoms with van der Waals surface area (Å²) in [6.45, 7) is 2.91. The number of nitrogens with one attached hydrogen (secondary N) is 2. The fraction of sp³-hybridized carbons (Fsp3) is 0.467. The van der Waals surface area contributed by atoms with Gasteiger partial charge < -0.3 is 25.8 Å². The predicted molar refractivity (Wildman–Crippen MR) is 84.2 cm³/mol. The average Bonchev–Trinajstić information content (AvgIpc) is 2.48. The van der Waals surface area contributed by atoms with Crippen LogP contribution in [0.25, 0.3) is 0 Å². The van der Waals surface area contributed by atoms with Gasteiger partial charge in [0.15, 0.2) is 11.5 Å². The van der Waals surface area contributed by atoms with Crippen molar-refractivity contribution < 1.29 is 19.1 Å². The lowest BCUT2D eigenvalue weighted by Crippen LogP contribution is -2.30. The highest BCUT2D eigenvalue weighted by atomic mass is 16.5. The molecule has 0 radical (unpaired) electrons. The molecule has 4 N–H and O–H groups in total. The lowest BCUT2D eigenvalue weighted by atomic mass is 10.2. The maximum atomic E-state index is 11.8. The molecule has 0 unspecified atom stereocenters. The highest BCUT2D eigenvalue weighted by Gasteiger charge is 2.08. The number of nitrogens with two attached hydrogens (primary N) is 1. The van der Waals surface area contributed by atoms with E-state index in [0.29, 0.717) is 49.6 Å². The van der Waals surface area contributed by atoms with Gasteiger partial charge in [0, 0.05) is 24.7 Å². The number of hydrogen-bond donors (Lipinski definition) is 3. The molecule has 0 aliphatic heterocycles. The predicted octanol–water partition coefficient (Wildman–Crippen LogP) is 1.87. The molecule has 0 aliphatic rings.